The molecule has 6 heteroatoms. The first kappa shape index (κ1) is 5.90. The molecule has 2 rings (SSSR count). The third-order valence-electron chi connectivity index (χ3n) is 1.17. The highest BCUT2D eigenvalue weighted by atomic mass is 16.4. The van der Waals surface area contributed by atoms with Crippen LogP contribution in [0.2, 0.25) is 0 Å². The van der Waals surface area contributed by atoms with Crippen LogP contribution < -0.4 is 5.76 Å². The Morgan fingerprint density at radius 2 is 2.36 bits per heavy atom. The molecule has 56 valence electrons. The average Bonchev–Trinajstić information content (AvgIpc) is 2.55. The van der Waals surface area contributed by atoms with E-state index in [4.69, 9.17) is 0 Å². The molecular formula is C5H4N4O2. The summed E-state index contributed by atoms with van der Waals surface area (Å²) in [7, 11) is 0. The molecule has 2 aromatic heterocycles. The predicted molar refractivity (Wildman–Crippen MR) is 34.7 cm³/mol. The average molecular weight is 152 g/mol. The van der Waals surface area contributed by atoms with Crippen LogP contribution in [0.5, 0.6) is 0 Å². The first-order valence-electron chi connectivity index (χ1n) is 2.91. The number of hydrogen-bond donors (Lipinski definition) is 2. The van der Waals surface area contributed by atoms with Gasteiger partial charge in [0.15, 0.2) is 0 Å². The van der Waals surface area contributed by atoms with Gasteiger partial charge >= 0.3 is 5.76 Å². The van der Waals surface area contributed by atoms with Crippen molar-refractivity contribution in [1.29, 1.82) is 0 Å². The highest BCUT2D eigenvalue weighted by molar-refractivity contribution is 5.43. The van der Waals surface area contributed by atoms with Crippen LogP contribution in [0.25, 0.3) is 11.6 Å². The quantitative estimate of drug-likeness (QED) is 0.589. The molecule has 0 radical (unpaired) electrons. The summed E-state index contributed by atoms with van der Waals surface area (Å²) < 4.78 is 4.63. The van der Waals surface area contributed by atoms with E-state index in [1.165, 1.54) is 0 Å². The number of hydrogen-bond acceptors (Lipinski definition) is 4. The molecule has 0 spiro atoms. The molecule has 0 amide bonds. The van der Waals surface area contributed by atoms with Crippen molar-refractivity contribution in [2.45, 2.75) is 0 Å². The van der Waals surface area contributed by atoms with Gasteiger partial charge in [-0.15, -0.1) is 5.10 Å². The van der Waals surface area contributed by atoms with Crippen molar-refractivity contribution >= 4 is 0 Å². The molecule has 11 heavy (non-hydrogen) atoms. The number of rotatable bonds is 1. The van der Waals surface area contributed by atoms with E-state index in [0.29, 0.717) is 5.69 Å². The number of aromatic amines is 2. The minimum Gasteiger partial charge on any atom is -0.386 e. The molecule has 0 aliphatic heterocycles. The van der Waals surface area contributed by atoms with E-state index in [1.807, 2.05) is 0 Å². The summed E-state index contributed by atoms with van der Waals surface area (Å²) in [4.78, 5) is 10.5. The smallest absolute Gasteiger partial charge is 0.386 e. The Morgan fingerprint density at radius 1 is 1.45 bits per heavy atom. The van der Waals surface area contributed by atoms with Gasteiger partial charge in [0.05, 0.1) is 0 Å². The molecule has 0 aliphatic carbocycles. The summed E-state index contributed by atoms with van der Waals surface area (Å²) in [6.07, 6.45) is 1.55. The van der Waals surface area contributed by atoms with E-state index in [2.05, 4.69) is 24.8 Å². The van der Waals surface area contributed by atoms with E-state index in [-0.39, 0.29) is 5.89 Å². The van der Waals surface area contributed by atoms with Gasteiger partial charge in [-0.1, -0.05) is 0 Å². The summed E-state index contributed by atoms with van der Waals surface area (Å²) in [6, 6.07) is 1.65. The van der Waals surface area contributed by atoms with E-state index < -0.39 is 5.76 Å². The summed E-state index contributed by atoms with van der Waals surface area (Å²) in [6.45, 7) is 0. The summed E-state index contributed by atoms with van der Waals surface area (Å²) in [5.41, 5.74) is 0.573. The lowest BCUT2D eigenvalue weighted by atomic mass is 10.4. The van der Waals surface area contributed by atoms with Crippen molar-refractivity contribution in [3.63, 3.8) is 0 Å². The van der Waals surface area contributed by atoms with Crippen LogP contribution in [0.1, 0.15) is 0 Å². The van der Waals surface area contributed by atoms with Gasteiger partial charge in [0.25, 0.3) is 5.89 Å². The highest BCUT2D eigenvalue weighted by Gasteiger charge is 2.04. The minimum absolute atomic E-state index is 0.215. The third kappa shape index (κ3) is 0.936. The number of nitrogens with one attached hydrogen (secondary N) is 2. The maximum absolute atomic E-state index is 10.5. The third-order valence-corrected chi connectivity index (χ3v) is 1.17. The molecule has 2 heterocycles. The highest BCUT2D eigenvalue weighted by Crippen LogP contribution is 2.08. The predicted octanol–water partition coefficient (Wildman–Crippen LogP) is -0.247. The van der Waals surface area contributed by atoms with Gasteiger partial charge in [-0.25, -0.2) is 9.89 Å². The molecule has 6 nitrogen and oxygen atoms in total. The van der Waals surface area contributed by atoms with E-state index in [9.17, 15) is 4.79 Å². The first-order valence-corrected chi connectivity index (χ1v) is 2.91. The summed E-state index contributed by atoms with van der Waals surface area (Å²) in [5, 5.41) is 12.0. The standard InChI is InChI=1S/C5H4N4O2/c10-5-9-8-4(11-5)3-1-2-6-7-3/h1-2H,(H,6,7)(H,9,10). The first-order chi connectivity index (χ1) is 5.36. The molecule has 0 aromatic carbocycles. The van der Waals surface area contributed by atoms with Gasteiger partial charge in [0.1, 0.15) is 5.69 Å². The summed E-state index contributed by atoms with van der Waals surface area (Å²) >= 11 is 0. The number of nitrogens with zero attached hydrogens (tertiary/aromatic N) is 2. The van der Waals surface area contributed by atoms with Gasteiger partial charge in [0.2, 0.25) is 0 Å². The van der Waals surface area contributed by atoms with Gasteiger partial charge in [0, 0.05) is 6.20 Å². The molecule has 0 unspecified atom stereocenters. The Bertz CT molecular complexity index is 385. The topological polar surface area (TPSA) is 87.6 Å². The molecule has 0 aliphatic rings. The van der Waals surface area contributed by atoms with Crippen LogP contribution in [0.4, 0.5) is 0 Å². The van der Waals surface area contributed by atoms with E-state index in [0.717, 1.165) is 0 Å². The molecule has 0 atom stereocenters. The van der Waals surface area contributed by atoms with Gasteiger partial charge in [-0.2, -0.15) is 5.10 Å². The van der Waals surface area contributed by atoms with Crippen LogP contribution >= 0.6 is 0 Å². The lowest BCUT2D eigenvalue weighted by molar-refractivity contribution is 0.525. The van der Waals surface area contributed by atoms with Crippen molar-refractivity contribution in [3.05, 3.63) is 22.8 Å². The van der Waals surface area contributed by atoms with E-state index >= 15 is 0 Å². The number of H-pyrrole nitrogens is 2. The fourth-order valence-electron chi connectivity index (χ4n) is 0.720. The fourth-order valence-corrected chi connectivity index (χ4v) is 0.720. The Balaban J connectivity index is 2.53. The van der Waals surface area contributed by atoms with Gasteiger partial charge < -0.3 is 4.42 Å². The SMILES string of the molecule is O=c1[nH]nc(-c2ccn[nH]2)o1. The van der Waals surface area contributed by atoms with Crippen molar-refractivity contribution in [3.8, 4) is 11.6 Å². The largest absolute Gasteiger partial charge is 0.434 e. The maximum Gasteiger partial charge on any atom is 0.434 e. The van der Waals surface area contributed by atoms with Crippen molar-refractivity contribution < 1.29 is 4.42 Å². The molecule has 0 bridgehead atoms. The zero-order valence-corrected chi connectivity index (χ0v) is 5.37. The Morgan fingerprint density at radius 3 is 2.91 bits per heavy atom. The maximum atomic E-state index is 10.5. The van der Waals surface area contributed by atoms with Crippen LogP contribution in [-0.2, 0) is 0 Å². The zero-order valence-electron chi connectivity index (χ0n) is 5.37. The van der Waals surface area contributed by atoms with Crippen LogP contribution in [0.3, 0.4) is 0 Å². The van der Waals surface area contributed by atoms with Crippen molar-refractivity contribution in [2.24, 2.45) is 0 Å². The van der Waals surface area contributed by atoms with E-state index in [1.54, 1.807) is 12.3 Å². The molecular weight excluding hydrogens is 148 g/mol. The van der Waals surface area contributed by atoms with Crippen molar-refractivity contribution in [1.82, 2.24) is 20.4 Å². The lowest BCUT2D eigenvalue weighted by Gasteiger charge is -1.81. The second-order valence-corrected chi connectivity index (χ2v) is 1.89. The van der Waals surface area contributed by atoms with Crippen LogP contribution in [-0.4, -0.2) is 20.4 Å². The lowest BCUT2D eigenvalue weighted by Crippen LogP contribution is -1.93. The van der Waals surface area contributed by atoms with Crippen molar-refractivity contribution in [2.75, 3.05) is 0 Å². The zero-order chi connectivity index (χ0) is 7.68. The van der Waals surface area contributed by atoms with Crippen LogP contribution in [0.15, 0.2) is 21.5 Å². The number of aromatic nitrogens is 4. The molecule has 0 saturated heterocycles. The van der Waals surface area contributed by atoms with Crippen LogP contribution in [0, 0.1) is 0 Å². The second kappa shape index (κ2) is 2.08. The van der Waals surface area contributed by atoms with Gasteiger partial charge in [-0.05, 0) is 6.07 Å². The Labute approximate surface area is 60.2 Å². The molecule has 0 fully saturated rings. The minimum atomic E-state index is -0.574. The Hall–Kier alpha value is -1.85. The Kier molecular flexibility index (Phi) is 1.12. The monoisotopic (exact) mass is 152 g/mol. The molecule has 2 N–H and O–H groups in total. The summed E-state index contributed by atoms with van der Waals surface area (Å²) in [5.74, 6) is -0.359. The molecule has 0 saturated carbocycles. The van der Waals surface area contributed by atoms with Gasteiger partial charge in [-0.3, -0.25) is 5.10 Å². The molecule has 2 aromatic rings. The second-order valence-electron chi connectivity index (χ2n) is 1.89. The normalized spacial score (nSPS) is 10.2. The fraction of sp³-hybridized carbons (Fsp3) is 0.